The maximum Gasteiger partial charge on any atom is 0.247 e. The van der Waals surface area contributed by atoms with E-state index in [2.05, 4.69) is 20.8 Å². The summed E-state index contributed by atoms with van der Waals surface area (Å²) < 4.78 is 11.4. The predicted octanol–water partition coefficient (Wildman–Crippen LogP) is 4.94. The van der Waals surface area contributed by atoms with Crippen LogP contribution in [0, 0.1) is 0 Å². The lowest BCUT2D eigenvalue weighted by atomic mass is 10.5. The van der Waals surface area contributed by atoms with Crippen LogP contribution in [0.15, 0.2) is 0 Å². The Morgan fingerprint density at radius 2 is 1.88 bits per heavy atom. The number of rotatable bonds is 11. The van der Waals surface area contributed by atoms with E-state index in [9.17, 15) is 0 Å². The third-order valence-electron chi connectivity index (χ3n) is 1.73. The molecule has 2 nitrogen and oxygen atoms in total. The van der Waals surface area contributed by atoms with Gasteiger partial charge in [0.15, 0.2) is 0 Å². The summed E-state index contributed by atoms with van der Waals surface area (Å²) in [5.41, 5.74) is -2.06. The molecular formula is C11H25O2PS3. The van der Waals surface area contributed by atoms with Crippen LogP contribution in [0.3, 0.4) is 0 Å². The van der Waals surface area contributed by atoms with Gasteiger partial charge in [0.2, 0.25) is 5.69 Å². The topological polar surface area (TPSA) is 18.5 Å². The molecule has 0 spiro atoms. The first-order valence-corrected chi connectivity index (χ1v) is 11.5. The number of hydrogen-bond acceptors (Lipinski definition) is 5. The lowest BCUT2D eigenvalue weighted by molar-refractivity contribution is 0.270. The fourth-order valence-electron chi connectivity index (χ4n) is 1.03. The van der Waals surface area contributed by atoms with Crippen molar-refractivity contribution in [2.75, 3.05) is 24.7 Å². The van der Waals surface area contributed by atoms with Crippen molar-refractivity contribution >= 4 is 40.6 Å². The maximum absolute atomic E-state index is 5.81. The van der Waals surface area contributed by atoms with Crippen molar-refractivity contribution in [1.29, 1.82) is 0 Å². The highest BCUT2D eigenvalue weighted by atomic mass is 32.9. The second-order valence-electron chi connectivity index (χ2n) is 3.80. The summed E-state index contributed by atoms with van der Waals surface area (Å²) in [4.78, 5) is 0. The Balaban J connectivity index is 3.80. The van der Waals surface area contributed by atoms with Crippen LogP contribution >= 0.6 is 28.8 Å². The highest BCUT2D eigenvalue weighted by Crippen LogP contribution is 2.61. The molecule has 17 heavy (non-hydrogen) atoms. The average Bonchev–Trinajstić information content (AvgIpc) is 2.26. The van der Waals surface area contributed by atoms with Crippen LogP contribution in [0.1, 0.15) is 40.5 Å². The first-order chi connectivity index (χ1) is 8.04. The third kappa shape index (κ3) is 10.8. The highest BCUT2D eigenvalue weighted by Gasteiger charge is 2.18. The first kappa shape index (κ1) is 18.3. The lowest BCUT2D eigenvalue weighted by Crippen LogP contribution is -1.98. The Morgan fingerprint density at radius 3 is 2.41 bits per heavy atom. The van der Waals surface area contributed by atoms with Gasteiger partial charge in [-0.05, 0) is 42.6 Å². The van der Waals surface area contributed by atoms with Gasteiger partial charge in [0.25, 0.3) is 0 Å². The zero-order valence-corrected chi connectivity index (χ0v) is 14.7. The Hall–Kier alpha value is 1.27. The smallest absolute Gasteiger partial charge is 0.247 e. The van der Waals surface area contributed by atoms with E-state index in [1.54, 1.807) is 11.4 Å². The van der Waals surface area contributed by atoms with Crippen molar-refractivity contribution in [3.05, 3.63) is 0 Å². The van der Waals surface area contributed by atoms with E-state index in [4.69, 9.17) is 20.9 Å². The standard InChI is InChI=1S/C11H25O2PS3/c1-5-9-17-14(15,12-6-2)13-8-7-10-16-11(3)4/h11H,5-10H2,1-4H3. The zero-order valence-electron chi connectivity index (χ0n) is 11.3. The molecule has 0 radical (unpaired) electrons. The van der Waals surface area contributed by atoms with E-state index >= 15 is 0 Å². The molecule has 0 bridgehead atoms. The van der Waals surface area contributed by atoms with E-state index in [1.165, 1.54) is 0 Å². The summed E-state index contributed by atoms with van der Waals surface area (Å²) >= 11 is 9.14. The van der Waals surface area contributed by atoms with Crippen LogP contribution in [-0.2, 0) is 20.9 Å². The minimum absolute atomic E-state index is 0.648. The first-order valence-electron chi connectivity index (χ1n) is 6.19. The highest BCUT2D eigenvalue weighted by molar-refractivity contribution is 8.67. The van der Waals surface area contributed by atoms with Crippen LogP contribution in [0.25, 0.3) is 0 Å². The summed E-state index contributed by atoms with van der Waals surface area (Å²) in [6.45, 7) is 9.94. The Labute approximate surface area is 120 Å². The van der Waals surface area contributed by atoms with Gasteiger partial charge in [0.05, 0.1) is 13.2 Å². The van der Waals surface area contributed by atoms with Gasteiger partial charge in [-0.2, -0.15) is 11.8 Å². The monoisotopic (exact) mass is 316 g/mol. The summed E-state index contributed by atoms with van der Waals surface area (Å²) in [5, 5.41) is 0.694. The largest absolute Gasteiger partial charge is 0.322 e. The van der Waals surface area contributed by atoms with Gasteiger partial charge in [-0.3, -0.25) is 0 Å². The molecule has 0 saturated heterocycles. The third-order valence-corrected chi connectivity index (χ3v) is 8.61. The number of hydrogen-bond donors (Lipinski definition) is 0. The summed E-state index contributed by atoms with van der Waals surface area (Å²) in [5.74, 6) is 2.16. The molecule has 0 aromatic heterocycles. The molecule has 0 N–H and O–H groups in total. The molecule has 0 aromatic rings. The molecule has 0 aliphatic heterocycles. The minimum atomic E-state index is -2.06. The summed E-state index contributed by atoms with van der Waals surface area (Å²) in [6.07, 6.45) is 2.17. The Bertz CT molecular complexity index is 225. The molecule has 0 aliphatic rings. The lowest BCUT2D eigenvalue weighted by Gasteiger charge is -2.20. The van der Waals surface area contributed by atoms with Gasteiger partial charge in [0.1, 0.15) is 0 Å². The second kappa shape index (κ2) is 11.1. The van der Waals surface area contributed by atoms with Crippen molar-refractivity contribution in [3.63, 3.8) is 0 Å². The molecule has 0 aliphatic carbocycles. The fraction of sp³-hybridized carbons (Fsp3) is 1.00. The molecule has 0 heterocycles. The van der Waals surface area contributed by atoms with E-state index in [0.29, 0.717) is 11.9 Å². The molecule has 1 atom stereocenters. The van der Waals surface area contributed by atoms with Gasteiger partial charge >= 0.3 is 0 Å². The van der Waals surface area contributed by atoms with Crippen LogP contribution in [0.4, 0.5) is 0 Å². The quantitative estimate of drug-likeness (QED) is 0.396. The van der Waals surface area contributed by atoms with Gasteiger partial charge in [-0.25, -0.2) is 0 Å². The van der Waals surface area contributed by atoms with Crippen molar-refractivity contribution in [1.82, 2.24) is 0 Å². The van der Waals surface area contributed by atoms with Crippen LogP contribution < -0.4 is 0 Å². The van der Waals surface area contributed by atoms with Gasteiger partial charge < -0.3 is 9.05 Å². The molecule has 0 rings (SSSR count). The summed E-state index contributed by atoms with van der Waals surface area (Å²) in [7, 11) is 0. The molecule has 104 valence electrons. The Kier molecular flexibility index (Phi) is 12.0. The van der Waals surface area contributed by atoms with Crippen molar-refractivity contribution in [2.24, 2.45) is 0 Å². The van der Waals surface area contributed by atoms with Crippen LogP contribution in [0.2, 0.25) is 0 Å². The molecule has 6 heteroatoms. The van der Waals surface area contributed by atoms with E-state index < -0.39 is 5.69 Å². The molecule has 1 unspecified atom stereocenters. The minimum Gasteiger partial charge on any atom is -0.322 e. The van der Waals surface area contributed by atoms with Gasteiger partial charge in [-0.15, -0.1) is 0 Å². The molecule has 0 fully saturated rings. The van der Waals surface area contributed by atoms with Gasteiger partial charge in [0, 0.05) is 5.75 Å². The SMILES string of the molecule is CCCSP(=S)(OCC)OCCCSC(C)C. The molecule has 0 aromatic carbocycles. The molecule has 0 amide bonds. The van der Waals surface area contributed by atoms with Crippen LogP contribution in [0.5, 0.6) is 0 Å². The van der Waals surface area contributed by atoms with E-state index in [-0.39, 0.29) is 0 Å². The molecule has 0 saturated carbocycles. The van der Waals surface area contributed by atoms with Crippen molar-refractivity contribution in [3.8, 4) is 0 Å². The van der Waals surface area contributed by atoms with E-state index in [1.807, 2.05) is 18.7 Å². The summed E-state index contributed by atoms with van der Waals surface area (Å²) in [6, 6.07) is 0. The maximum atomic E-state index is 5.81. The zero-order chi connectivity index (χ0) is 13.1. The Morgan fingerprint density at radius 1 is 1.18 bits per heavy atom. The van der Waals surface area contributed by atoms with Crippen molar-refractivity contribution in [2.45, 2.75) is 45.8 Å². The second-order valence-corrected chi connectivity index (χ2v) is 11.9. The van der Waals surface area contributed by atoms with E-state index in [0.717, 1.165) is 31.0 Å². The molecular weight excluding hydrogens is 291 g/mol. The van der Waals surface area contributed by atoms with Crippen LogP contribution in [-0.4, -0.2) is 30.0 Å². The van der Waals surface area contributed by atoms with Crippen molar-refractivity contribution < 1.29 is 9.05 Å². The average molecular weight is 316 g/mol. The van der Waals surface area contributed by atoms with Gasteiger partial charge in [-0.1, -0.05) is 32.2 Å². The fourth-order valence-corrected chi connectivity index (χ4v) is 6.50. The predicted molar refractivity (Wildman–Crippen MR) is 86.8 cm³/mol. The number of thioether (sulfide) groups is 1. The normalized spacial score (nSPS) is 15.1.